The van der Waals surface area contributed by atoms with E-state index in [1.165, 1.54) is 5.56 Å². The van der Waals surface area contributed by atoms with Gasteiger partial charge in [0.25, 0.3) is 0 Å². The summed E-state index contributed by atoms with van der Waals surface area (Å²) >= 11 is 0. The molecule has 0 radical (unpaired) electrons. The molecule has 1 aromatic carbocycles. The lowest BCUT2D eigenvalue weighted by Gasteiger charge is -2.36. The van der Waals surface area contributed by atoms with Crippen LogP contribution in [0.15, 0.2) is 64.2 Å². The van der Waals surface area contributed by atoms with Crippen LogP contribution in [0.5, 0.6) is 0 Å². The van der Waals surface area contributed by atoms with E-state index >= 15 is 0 Å². The van der Waals surface area contributed by atoms with Crippen LogP contribution >= 0.6 is 24.0 Å². The fourth-order valence-corrected chi connectivity index (χ4v) is 3.36. The first-order valence-electron chi connectivity index (χ1n) is 10.3. The molecular formula is C23H33IN4O2. The van der Waals surface area contributed by atoms with E-state index in [2.05, 4.69) is 63.5 Å². The van der Waals surface area contributed by atoms with Crippen molar-refractivity contribution in [2.24, 2.45) is 4.99 Å². The van der Waals surface area contributed by atoms with Crippen molar-refractivity contribution >= 4 is 36.0 Å². The lowest BCUT2D eigenvalue weighted by atomic mass is 10.0. The van der Waals surface area contributed by atoms with Crippen molar-refractivity contribution in [2.45, 2.75) is 19.4 Å². The van der Waals surface area contributed by atoms with Crippen molar-refractivity contribution in [3.8, 4) is 0 Å². The third kappa shape index (κ3) is 7.14. The van der Waals surface area contributed by atoms with Crippen LogP contribution in [-0.2, 0) is 5.60 Å². The van der Waals surface area contributed by atoms with Gasteiger partial charge in [0.05, 0.1) is 12.8 Å². The Morgan fingerprint density at radius 1 is 1.17 bits per heavy atom. The molecule has 0 saturated carbocycles. The molecule has 0 amide bonds. The highest BCUT2D eigenvalue weighted by atomic mass is 127. The number of hydrogen-bond donors (Lipinski definition) is 2. The summed E-state index contributed by atoms with van der Waals surface area (Å²) in [6, 6.07) is 13.9. The van der Waals surface area contributed by atoms with Gasteiger partial charge < -0.3 is 19.7 Å². The van der Waals surface area contributed by atoms with Crippen LogP contribution < -0.4 is 5.32 Å². The number of furan rings is 1. The molecule has 1 aliphatic heterocycles. The Hall–Kier alpha value is -1.84. The summed E-state index contributed by atoms with van der Waals surface area (Å²) in [6.45, 7) is 9.58. The van der Waals surface area contributed by atoms with Crippen molar-refractivity contribution in [1.82, 2.24) is 15.1 Å². The molecule has 1 unspecified atom stereocenters. The molecule has 0 spiro atoms. The lowest BCUT2D eigenvalue weighted by molar-refractivity contribution is 0.0433. The molecule has 0 bridgehead atoms. The van der Waals surface area contributed by atoms with Gasteiger partial charge in [-0.3, -0.25) is 4.90 Å². The predicted molar refractivity (Wildman–Crippen MR) is 133 cm³/mol. The zero-order valence-electron chi connectivity index (χ0n) is 17.8. The predicted octanol–water partition coefficient (Wildman–Crippen LogP) is 3.40. The SMILES string of the molecule is CCNC(=NCC(C)(O)c1ccco1)N1CCN(C/C=C/c2ccccc2)CC1.I. The molecule has 1 saturated heterocycles. The van der Waals surface area contributed by atoms with Gasteiger partial charge in [-0.05, 0) is 31.5 Å². The van der Waals surface area contributed by atoms with E-state index in [1.807, 2.05) is 6.07 Å². The number of benzene rings is 1. The smallest absolute Gasteiger partial charge is 0.194 e. The van der Waals surface area contributed by atoms with E-state index in [-0.39, 0.29) is 30.5 Å². The summed E-state index contributed by atoms with van der Waals surface area (Å²) in [5.74, 6) is 1.38. The van der Waals surface area contributed by atoms with Crippen molar-refractivity contribution < 1.29 is 9.52 Å². The topological polar surface area (TPSA) is 64.2 Å². The molecule has 164 valence electrons. The van der Waals surface area contributed by atoms with Gasteiger partial charge in [-0.25, -0.2) is 4.99 Å². The van der Waals surface area contributed by atoms with Gasteiger partial charge in [-0.15, -0.1) is 24.0 Å². The summed E-state index contributed by atoms with van der Waals surface area (Å²) < 4.78 is 5.35. The zero-order chi connectivity index (χ0) is 20.5. The Morgan fingerprint density at radius 2 is 1.90 bits per heavy atom. The Balaban J connectivity index is 0.00000320. The van der Waals surface area contributed by atoms with Crippen molar-refractivity contribution in [3.05, 3.63) is 66.1 Å². The summed E-state index contributed by atoms with van der Waals surface area (Å²) in [7, 11) is 0. The average molecular weight is 524 g/mol. The fourth-order valence-electron chi connectivity index (χ4n) is 3.36. The van der Waals surface area contributed by atoms with Crippen molar-refractivity contribution in [2.75, 3.05) is 45.8 Å². The van der Waals surface area contributed by atoms with E-state index in [0.29, 0.717) is 5.76 Å². The number of aliphatic hydroxyl groups is 1. The van der Waals surface area contributed by atoms with Gasteiger partial charge in [-0.2, -0.15) is 0 Å². The molecular weight excluding hydrogens is 491 g/mol. The van der Waals surface area contributed by atoms with Crippen LogP contribution in [0.3, 0.4) is 0 Å². The van der Waals surface area contributed by atoms with E-state index in [0.717, 1.165) is 45.2 Å². The maximum Gasteiger partial charge on any atom is 0.194 e. The highest BCUT2D eigenvalue weighted by Gasteiger charge is 2.27. The number of guanidine groups is 1. The number of piperazine rings is 1. The van der Waals surface area contributed by atoms with E-state index in [1.54, 1.807) is 25.3 Å². The van der Waals surface area contributed by atoms with Crippen LogP contribution in [0.25, 0.3) is 6.08 Å². The molecule has 7 heteroatoms. The molecule has 1 atom stereocenters. The molecule has 6 nitrogen and oxygen atoms in total. The first-order chi connectivity index (χ1) is 14.1. The number of nitrogens with one attached hydrogen (secondary N) is 1. The number of halogens is 1. The summed E-state index contributed by atoms with van der Waals surface area (Å²) in [5.41, 5.74) is 0.116. The molecule has 2 aromatic rings. The van der Waals surface area contributed by atoms with Gasteiger partial charge in [-0.1, -0.05) is 42.5 Å². The van der Waals surface area contributed by atoms with Crippen LogP contribution in [0.4, 0.5) is 0 Å². The summed E-state index contributed by atoms with van der Waals surface area (Å²) in [6.07, 6.45) is 5.98. The highest BCUT2D eigenvalue weighted by Crippen LogP contribution is 2.21. The minimum Gasteiger partial charge on any atom is -0.466 e. The number of hydrogen-bond acceptors (Lipinski definition) is 4. The Kier molecular flexibility index (Phi) is 9.87. The number of aliphatic imine (C=N–C) groups is 1. The maximum atomic E-state index is 10.7. The second-order valence-corrected chi connectivity index (χ2v) is 7.52. The molecule has 2 N–H and O–H groups in total. The highest BCUT2D eigenvalue weighted by molar-refractivity contribution is 14.0. The normalized spacial score (nSPS) is 17.6. The van der Waals surface area contributed by atoms with E-state index in [4.69, 9.17) is 4.42 Å². The largest absolute Gasteiger partial charge is 0.466 e. The first kappa shape index (κ1) is 24.4. The van der Waals surface area contributed by atoms with Crippen molar-refractivity contribution in [3.63, 3.8) is 0 Å². The minimum atomic E-state index is -1.12. The van der Waals surface area contributed by atoms with Gasteiger partial charge in [0.15, 0.2) is 5.96 Å². The maximum absolute atomic E-state index is 10.7. The van der Waals surface area contributed by atoms with Gasteiger partial charge in [0.1, 0.15) is 11.4 Å². The second kappa shape index (κ2) is 12.1. The van der Waals surface area contributed by atoms with Crippen LogP contribution in [0.2, 0.25) is 0 Å². The molecule has 3 rings (SSSR count). The average Bonchev–Trinajstić information content (AvgIpc) is 3.29. The van der Waals surface area contributed by atoms with Crippen LogP contribution in [0, 0.1) is 0 Å². The zero-order valence-corrected chi connectivity index (χ0v) is 20.2. The van der Waals surface area contributed by atoms with Gasteiger partial charge in [0.2, 0.25) is 0 Å². The number of nitrogens with zero attached hydrogens (tertiary/aromatic N) is 3. The first-order valence-corrected chi connectivity index (χ1v) is 10.3. The lowest BCUT2D eigenvalue weighted by Crippen LogP contribution is -2.52. The standard InChI is InChI=1S/C23H32N4O2.HI/c1-3-24-22(25-19-23(2,28)21-12-8-18-29-21)27-16-14-26(15-17-27)13-7-11-20-9-5-4-6-10-20;/h4-12,18,28H,3,13-17,19H2,1-2H3,(H,24,25);1H/b11-7+;. The van der Waals surface area contributed by atoms with E-state index < -0.39 is 5.60 Å². The molecule has 1 aliphatic rings. The van der Waals surface area contributed by atoms with Crippen LogP contribution in [0.1, 0.15) is 25.2 Å². The molecule has 1 aromatic heterocycles. The molecule has 1 fully saturated rings. The monoisotopic (exact) mass is 524 g/mol. The Bertz CT molecular complexity index is 783. The molecule has 2 heterocycles. The van der Waals surface area contributed by atoms with E-state index in [9.17, 15) is 5.11 Å². The Morgan fingerprint density at radius 3 is 2.53 bits per heavy atom. The summed E-state index contributed by atoms with van der Waals surface area (Å²) in [5, 5.41) is 14.0. The molecule has 30 heavy (non-hydrogen) atoms. The third-order valence-electron chi connectivity index (χ3n) is 5.07. The third-order valence-corrected chi connectivity index (χ3v) is 5.07. The van der Waals surface area contributed by atoms with Gasteiger partial charge >= 0.3 is 0 Å². The summed E-state index contributed by atoms with van der Waals surface area (Å²) in [4.78, 5) is 9.39. The van der Waals surface area contributed by atoms with Gasteiger partial charge in [0, 0.05) is 39.3 Å². The fraction of sp³-hybridized carbons (Fsp3) is 0.435. The Labute approximate surface area is 196 Å². The van der Waals surface area contributed by atoms with Crippen molar-refractivity contribution in [1.29, 1.82) is 0 Å². The molecule has 0 aliphatic carbocycles. The minimum absolute atomic E-state index is 0. The number of rotatable bonds is 7. The quantitative estimate of drug-likeness (QED) is 0.331. The van der Waals surface area contributed by atoms with Crippen LogP contribution in [-0.4, -0.2) is 66.7 Å². The second-order valence-electron chi connectivity index (χ2n) is 7.52.